The maximum absolute atomic E-state index is 11.7. The van der Waals surface area contributed by atoms with E-state index in [9.17, 15) is 8.42 Å². The molecule has 0 amide bonds. The van der Waals surface area contributed by atoms with Crippen molar-refractivity contribution in [3.8, 4) is 0 Å². The maximum Gasteiger partial charge on any atom is 0.247 e. The van der Waals surface area contributed by atoms with Gasteiger partial charge in [-0.05, 0) is 18.6 Å². The predicted molar refractivity (Wildman–Crippen MR) is 95.1 cm³/mol. The topological polar surface area (TPSA) is 71.7 Å². The van der Waals surface area contributed by atoms with E-state index in [0.29, 0.717) is 12.2 Å². The number of hydrogen-bond donors (Lipinski definition) is 1. The predicted octanol–water partition coefficient (Wildman–Crippen LogP) is 4.45. The molecule has 5 nitrogen and oxygen atoms in total. The molecule has 132 valence electrons. The van der Waals surface area contributed by atoms with Gasteiger partial charge in [-0.1, -0.05) is 64.7 Å². The molecule has 0 spiro atoms. The lowest BCUT2D eigenvalue weighted by Crippen LogP contribution is -2.21. The number of nitrogens with zero attached hydrogens (tertiary/aromatic N) is 1. The Morgan fingerprint density at radius 2 is 1.65 bits per heavy atom. The second-order valence-electron chi connectivity index (χ2n) is 5.87. The number of sulfonamides is 1. The van der Waals surface area contributed by atoms with E-state index in [4.69, 9.17) is 4.42 Å². The van der Waals surface area contributed by atoms with Crippen LogP contribution in [0.1, 0.15) is 76.9 Å². The molecule has 1 heterocycles. The Bertz CT molecular complexity index is 510. The SMILES string of the molecule is CCCCCCCCCCCCS(=O)(=O)NN=Cc1ccco1. The normalized spacial score (nSPS) is 12.0. The van der Waals surface area contributed by atoms with Crippen LogP contribution >= 0.6 is 0 Å². The van der Waals surface area contributed by atoms with Gasteiger partial charge >= 0.3 is 0 Å². The summed E-state index contributed by atoms with van der Waals surface area (Å²) in [5.41, 5.74) is 0. The monoisotopic (exact) mass is 342 g/mol. The lowest BCUT2D eigenvalue weighted by molar-refractivity contribution is 0.554. The van der Waals surface area contributed by atoms with Crippen LogP contribution in [0, 0.1) is 0 Å². The second kappa shape index (κ2) is 12.2. The minimum absolute atomic E-state index is 0.124. The van der Waals surface area contributed by atoms with Gasteiger partial charge in [0.2, 0.25) is 10.0 Å². The minimum Gasteiger partial charge on any atom is -0.463 e. The van der Waals surface area contributed by atoms with Gasteiger partial charge in [0.15, 0.2) is 0 Å². The van der Waals surface area contributed by atoms with Gasteiger partial charge in [0.05, 0.1) is 18.2 Å². The molecule has 6 heteroatoms. The zero-order valence-electron chi connectivity index (χ0n) is 14.2. The van der Waals surface area contributed by atoms with Crippen molar-refractivity contribution >= 4 is 16.2 Å². The van der Waals surface area contributed by atoms with Crippen LogP contribution in [0.25, 0.3) is 0 Å². The average Bonchev–Trinajstić information content (AvgIpc) is 3.02. The molecule has 0 aliphatic carbocycles. The summed E-state index contributed by atoms with van der Waals surface area (Å²) in [6, 6.07) is 3.43. The Kier molecular flexibility index (Phi) is 10.4. The van der Waals surface area contributed by atoms with Crippen LogP contribution in [0.4, 0.5) is 0 Å². The number of unbranched alkanes of at least 4 members (excludes halogenated alkanes) is 9. The molecule has 0 aliphatic heterocycles. The molecule has 0 radical (unpaired) electrons. The number of hydrazone groups is 1. The third-order valence-electron chi connectivity index (χ3n) is 3.69. The highest BCUT2D eigenvalue weighted by Crippen LogP contribution is 2.10. The van der Waals surface area contributed by atoms with Gasteiger partial charge < -0.3 is 4.42 Å². The van der Waals surface area contributed by atoms with Crippen molar-refractivity contribution in [2.24, 2.45) is 5.10 Å². The summed E-state index contributed by atoms with van der Waals surface area (Å²) in [7, 11) is -3.33. The molecule has 0 saturated heterocycles. The van der Waals surface area contributed by atoms with E-state index in [2.05, 4.69) is 16.9 Å². The van der Waals surface area contributed by atoms with E-state index in [0.717, 1.165) is 12.8 Å². The summed E-state index contributed by atoms with van der Waals surface area (Å²) in [5.74, 6) is 0.644. The molecule has 0 atom stereocenters. The van der Waals surface area contributed by atoms with E-state index in [1.807, 2.05) is 0 Å². The Morgan fingerprint density at radius 3 is 2.22 bits per heavy atom. The Morgan fingerprint density at radius 1 is 1.04 bits per heavy atom. The quantitative estimate of drug-likeness (QED) is 0.308. The largest absolute Gasteiger partial charge is 0.463 e. The molecule has 1 aromatic heterocycles. The van der Waals surface area contributed by atoms with Crippen LogP contribution in [-0.4, -0.2) is 20.4 Å². The Balaban J connectivity index is 1.99. The highest BCUT2D eigenvalue weighted by molar-refractivity contribution is 7.89. The lowest BCUT2D eigenvalue weighted by atomic mass is 10.1. The molecule has 23 heavy (non-hydrogen) atoms. The number of hydrogen-bond acceptors (Lipinski definition) is 4. The van der Waals surface area contributed by atoms with Crippen molar-refractivity contribution in [1.29, 1.82) is 0 Å². The van der Waals surface area contributed by atoms with E-state index in [1.165, 1.54) is 57.4 Å². The third kappa shape index (κ3) is 11.0. The first kappa shape index (κ1) is 19.7. The molecule has 0 aliphatic rings. The first-order valence-corrected chi connectivity index (χ1v) is 10.4. The Labute approximate surface area is 140 Å². The van der Waals surface area contributed by atoms with Crippen LogP contribution in [0.2, 0.25) is 0 Å². The molecular weight excluding hydrogens is 312 g/mol. The second-order valence-corrected chi connectivity index (χ2v) is 7.69. The molecule has 1 N–H and O–H groups in total. The van der Waals surface area contributed by atoms with Crippen LogP contribution in [0.5, 0.6) is 0 Å². The van der Waals surface area contributed by atoms with Crippen molar-refractivity contribution in [3.05, 3.63) is 24.2 Å². The van der Waals surface area contributed by atoms with Crippen LogP contribution in [-0.2, 0) is 10.0 Å². The van der Waals surface area contributed by atoms with Crippen molar-refractivity contribution in [3.63, 3.8) is 0 Å². The first-order valence-electron chi connectivity index (χ1n) is 8.70. The van der Waals surface area contributed by atoms with E-state index in [1.54, 1.807) is 12.1 Å². The van der Waals surface area contributed by atoms with Crippen molar-refractivity contribution in [2.75, 3.05) is 5.75 Å². The third-order valence-corrected chi connectivity index (χ3v) is 4.90. The molecule has 1 rings (SSSR count). The van der Waals surface area contributed by atoms with E-state index >= 15 is 0 Å². The number of rotatable bonds is 14. The smallest absolute Gasteiger partial charge is 0.247 e. The molecule has 0 saturated carbocycles. The number of nitrogens with one attached hydrogen (secondary N) is 1. The molecule has 0 bridgehead atoms. The minimum atomic E-state index is -3.33. The molecule has 0 fully saturated rings. The van der Waals surface area contributed by atoms with E-state index < -0.39 is 10.0 Å². The van der Waals surface area contributed by atoms with Crippen LogP contribution < -0.4 is 4.83 Å². The average molecular weight is 343 g/mol. The fraction of sp³-hybridized carbons (Fsp3) is 0.706. The Hall–Kier alpha value is -1.30. The first-order chi connectivity index (χ1) is 11.1. The van der Waals surface area contributed by atoms with Gasteiger partial charge in [-0.2, -0.15) is 5.10 Å². The van der Waals surface area contributed by atoms with Gasteiger partial charge in [0.1, 0.15) is 5.76 Å². The fourth-order valence-electron chi connectivity index (χ4n) is 2.36. The van der Waals surface area contributed by atoms with Gasteiger partial charge in [0.25, 0.3) is 0 Å². The highest BCUT2D eigenvalue weighted by Gasteiger charge is 2.07. The van der Waals surface area contributed by atoms with E-state index in [-0.39, 0.29) is 5.75 Å². The molecule has 0 aromatic carbocycles. The van der Waals surface area contributed by atoms with Crippen LogP contribution in [0.3, 0.4) is 0 Å². The highest BCUT2D eigenvalue weighted by atomic mass is 32.2. The lowest BCUT2D eigenvalue weighted by Gasteiger charge is -2.04. The van der Waals surface area contributed by atoms with Crippen LogP contribution in [0.15, 0.2) is 27.9 Å². The summed E-state index contributed by atoms with van der Waals surface area (Å²) in [4.78, 5) is 2.21. The van der Waals surface area contributed by atoms with Gasteiger partial charge in [-0.15, -0.1) is 0 Å². The van der Waals surface area contributed by atoms with Crippen molar-refractivity contribution in [2.45, 2.75) is 71.1 Å². The summed E-state index contributed by atoms with van der Waals surface area (Å²) in [6.07, 6.45) is 14.7. The summed E-state index contributed by atoms with van der Waals surface area (Å²) in [5, 5.41) is 3.69. The molecule has 1 aromatic rings. The van der Waals surface area contributed by atoms with Crippen molar-refractivity contribution in [1.82, 2.24) is 4.83 Å². The standard InChI is InChI=1S/C17H30N2O3S/c1-2-3-4-5-6-7-8-9-10-11-15-23(20,21)19-18-16-17-13-12-14-22-17/h12-14,16,19H,2-11,15H2,1H3. The van der Waals surface area contributed by atoms with Gasteiger partial charge in [-0.3, -0.25) is 0 Å². The molecule has 0 unspecified atom stereocenters. The zero-order valence-corrected chi connectivity index (χ0v) is 15.0. The number of furan rings is 1. The molecular formula is C17H30N2O3S. The maximum atomic E-state index is 11.7. The van der Waals surface area contributed by atoms with Crippen molar-refractivity contribution < 1.29 is 12.8 Å². The zero-order chi connectivity index (χ0) is 16.8. The summed E-state index contributed by atoms with van der Waals surface area (Å²) < 4.78 is 28.5. The summed E-state index contributed by atoms with van der Waals surface area (Å²) in [6.45, 7) is 2.23. The van der Waals surface area contributed by atoms with Gasteiger partial charge in [0, 0.05) is 0 Å². The fourth-order valence-corrected chi connectivity index (χ4v) is 3.25. The summed E-state index contributed by atoms with van der Waals surface area (Å²) >= 11 is 0. The van der Waals surface area contributed by atoms with Gasteiger partial charge in [-0.25, -0.2) is 13.2 Å².